The molecule has 1 aromatic carbocycles. The van der Waals surface area contributed by atoms with E-state index in [-0.39, 0.29) is 34.5 Å². The normalized spacial score (nSPS) is 12.5. The predicted octanol–water partition coefficient (Wildman–Crippen LogP) is 4.42. The molecule has 1 aromatic heterocycles. The number of hydrogen-bond donors (Lipinski definition) is 1. The van der Waals surface area contributed by atoms with Crippen LogP contribution in [0.5, 0.6) is 5.75 Å². The minimum Gasteiger partial charge on any atom is -0.491 e. The van der Waals surface area contributed by atoms with Crippen LogP contribution in [0.4, 0.5) is 10.2 Å². The van der Waals surface area contributed by atoms with E-state index in [1.165, 1.54) is 11.8 Å². The lowest BCUT2D eigenvalue weighted by Crippen LogP contribution is -2.49. The molecular weight excluding hydrogens is 476 g/mol. The summed E-state index contributed by atoms with van der Waals surface area (Å²) in [6.45, 7) is 9.05. The number of allylic oxidation sites excluding steroid dienone is 1. The van der Waals surface area contributed by atoms with Gasteiger partial charge in [-0.3, -0.25) is 0 Å². The van der Waals surface area contributed by atoms with Crippen molar-refractivity contribution in [3.05, 3.63) is 60.3 Å². The predicted molar refractivity (Wildman–Crippen MR) is 147 cm³/mol. The first-order chi connectivity index (χ1) is 16.5. The Morgan fingerprint density at radius 1 is 1.22 bits per heavy atom. The Bertz CT molecular complexity index is 1090. The molecule has 0 saturated carbocycles. The maximum absolute atomic E-state index is 13.6. The number of aromatic nitrogens is 1. The van der Waals surface area contributed by atoms with Crippen LogP contribution in [0.2, 0.25) is 0 Å². The largest absolute Gasteiger partial charge is 0.491 e. The van der Waals surface area contributed by atoms with E-state index < -0.39 is 6.17 Å². The highest BCUT2D eigenvalue weighted by Gasteiger charge is 2.32. The van der Waals surface area contributed by atoms with Crippen molar-refractivity contribution in [3.63, 3.8) is 0 Å². The Hall–Kier alpha value is -3.47. The summed E-state index contributed by atoms with van der Waals surface area (Å²) in [6.07, 6.45) is 0.830. The topological polar surface area (TPSA) is 108 Å². The molecule has 1 fully saturated rings. The van der Waals surface area contributed by atoms with E-state index in [4.69, 9.17) is 15.2 Å². The lowest BCUT2D eigenvalue weighted by atomic mass is 9.95. The Labute approximate surface area is 220 Å². The molecule has 3 rings (SSSR count). The zero-order chi connectivity index (χ0) is 25.1. The van der Waals surface area contributed by atoms with Crippen LogP contribution in [0.25, 0.3) is 11.1 Å². The first-order valence-corrected chi connectivity index (χ1v) is 11.5. The second-order valence-electron chi connectivity index (χ2n) is 7.11. The summed E-state index contributed by atoms with van der Waals surface area (Å²) in [7, 11) is 1.60. The summed E-state index contributed by atoms with van der Waals surface area (Å²) in [5.74, 6) is 1.48. The van der Waals surface area contributed by atoms with E-state index in [2.05, 4.69) is 30.3 Å². The summed E-state index contributed by atoms with van der Waals surface area (Å²) in [5, 5.41) is 20.4. The number of benzene rings is 1. The zero-order valence-electron chi connectivity index (χ0n) is 20.1. The third-order valence-corrected chi connectivity index (χ3v) is 6.00. The number of nitrogens with two attached hydrogens (primary N) is 1. The van der Waals surface area contributed by atoms with E-state index in [0.717, 1.165) is 0 Å². The van der Waals surface area contributed by atoms with E-state index in [1.807, 2.05) is 6.92 Å². The van der Waals surface area contributed by atoms with Crippen molar-refractivity contribution in [2.45, 2.75) is 25.5 Å². The standard InChI is InChI=1S/C23H24FN5O2S.C2H4.CH4.BH/c1-3-17(27)14-32-23-20(11-26)21(15-4-6-18(7-5-15)31-9-8-30-2)19(10-25)22(28-23)29-12-16(24)13-29;1-2;;/h3-7,16H,8-9,12-14,27H2,1-2H3;1-2H2;1H4;1H/b17-3-;;;. The maximum Gasteiger partial charge on any atom is 0.148 e. The van der Waals surface area contributed by atoms with Crippen LogP contribution in [0.1, 0.15) is 25.5 Å². The Balaban J connectivity index is 0.00000299. The molecule has 1 aliphatic rings. The molecule has 190 valence electrons. The Morgan fingerprint density at radius 3 is 2.33 bits per heavy atom. The average molecular weight is 509 g/mol. The van der Waals surface area contributed by atoms with Crippen LogP contribution >= 0.6 is 11.8 Å². The number of pyridine rings is 1. The van der Waals surface area contributed by atoms with Crippen LogP contribution in [0, 0.1) is 22.7 Å². The highest BCUT2D eigenvalue weighted by Crippen LogP contribution is 2.39. The smallest absolute Gasteiger partial charge is 0.148 e. The second kappa shape index (κ2) is 16.3. The van der Waals surface area contributed by atoms with Gasteiger partial charge in [0, 0.05) is 32.5 Å². The van der Waals surface area contributed by atoms with Crippen LogP contribution in [-0.2, 0) is 4.74 Å². The van der Waals surface area contributed by atoms with Crippen molar-refractivity contribution in [2.24, 2.45) is 5.73 Å². The number of methoxy groups -OCH3 is 1. The molecule has 0 atom stereocenters. The number of rotatable bonds is 9. The number of alkyl halides is 1. The quantitative estimate of drug-likeness (QED) is 0.229. The van der Waals surface area contributed by atoms with Crippen LogP contribution in [-0.4, -0.2) is 58.7 Å². The molecule has 0 spiro atoms. The molecule has 1 saturated heterocycles. The minimum atomic E-state index is -0.958. The Kier molecular flexibility index (Phi) is 14.7. The molecule has 2 N–H and O–H groups in total. The number of nitriles is 2. The lowest BCUT2D eigenvalue weighted by molar-refractivity contribution is 0.146. The van der Waals surface area contributed by atoms with Crippen molar-refractivity contribution in [1.29, 1.82) is 10.5 Å². The van der Waals surface area contributed by atoms with Gasteiger partial charge >= 0.3 is 0 Å². The summed E-state index contributed by atoms with van der Waals surface area (Å²) >= 11 is 1.32. The molecule has 0 bridgehead atoms. The van der Waals surface area contributed by atoms with Gasteiger partial charge in [0.1, 0.15) is 47.1 Å². The van der Waals surface area contributed by atoms with Gasteiger partial charge < -0.3 is 20.1 Å². The van der Waals surface area contributed by atoms with Crippen LogP contribution in [0.15, 0.2) is 54.2 Å². The van der Waals surface area contributed by atoms with Crippen molar-refractivity contribution in [3.8, 4) is 29.0 Å². The van der Waals surface area contributed by atoms with E-state index in [0.29, 0.717) is 57.9 Å². The monoisotopic (exact) mass is 509 g/mol. The summed E-state index contributed by atoms with van der Waals surface area (Å²) in [4.78, 5) is 6.31. The maximum atomic E-state index is 13.6. The molecule has 10 heteroatoms. The van der Waals surface area contributed by atoms with Crippen molar-refractivity contribution < 1.29 is 13.9 Å². The van der Waals surface area contributed by atoms with Crippen LogP contribution < -0.4 is 15.4 Å². The molecule has 7 nitrogen and oxygen atoms in total. The van der Waals surface area contributed by atoms with E-state index >= 15 is 0 Å². The second-order valence-corrected chi connectivity index (χ2v) is 8.07. The van der Waals surface area contributed by atoms with Gasteiger partial charge in [0.25, 0.3) is 0 Å². The third kappa shape index (κ3) is 7.77. The minimum absolute atomic E-state index is 0. The van der Waals surface area contributed by atoms with Gasteiger partial charge in [-0.05, 0) is 24.6 Å². The number of anilines is 1. The Morgan fingerprint density at radius 2 is 1.83 bits per heavy atom. The molecule has 36 heavy (non-hydrogen) atoms. The molecule has 0 unspecified atom stereocenters. The molecule has 2 aromatic rings. The molecule has 1 aliphatic heterocycles. The zero-order valence-corrected chi connectivity index (χ0v) is 20.9. The number of hydrogen-bond acceptors (Lipinski definition) is 8. The SMILES string of the molecule is C.C/C=C(\N)CSc1nc(N2CC(F)C2)c(C#N)c(-c2ccc(OCCOC)cc2)c1C#N.C=C.[BH]. The first kappa shape index (κ1) is 32.5. The first-order valence-electron chi connectivity index (χ1n) is 10.5. The van der Waals surface area contributed by atoms with E-state index in [1.54, 1.807) is 42.4 Å². The molecule has 2 radical (unpaired) electrons. The highest BCUT2D eigenvalue weighted by atomic mass is 32.2. The van der Waals surface area contributed by atoms with Gasteiger partial charge in [-0.25, -0.2) is 9.37 Å². The van der Waals surface area contributed by atoms with Gasteiger partial charge in [-0.1, -0.05) is 37.4 Å². The average Bonchev–Trinajstić information content (AvgIpc) is 2.86. The van der Waals surface area contributed by atoms with Gasteiger partial charge in [-0.2, -0.15) is 10.5 Å². The van der Waals surface area contributed by atoms with Crippen molar-refractivity contribution >= 4 is 26.0 Å². The van der Waals surface area contributed by atoms with Gasteiger partial charge in [0.15, 0.2) is 0 Å². The number of ether oxygens (including phenoxy) is 2. The summed E-state index contributed by atoms with van der Waals surface area (Å²) in [6, 6.07) is 11.6. The third-order valence-electron chi connectivity index (χ3n) is 4.95. The number of thioether (sulfide) groups is 1. The molecule has 0 amide bonds. The van der Waals surface area contributed by atoms with Crippen molar-refractivity contribution in [1.82, 2.24) is 4.98 Å². The van der Waals surface area contributed by atoms with Gasteiger partial charge in [0.2, 0.25) is 0 Å². The number of nitrogens with zero attached hydrogens (tertiary/aromatic N) is 4. The van der Waals surface area contributed by atoms with E-state index in [9.17, 15) is 14.9 Å². The van der Waals surface area contributed by atoms with Crippen molar-refractivity contribution in [2.75, 3.05) is 44.1 Å². The fraction of sp³-hybridized carbons (Fsp3) is 0.346. The molecular formula is C26H33BFN5O2S. The fourth-order valence-corrected chi connectivity index (χ4v) is 4.09. The lowest BCUT2D eigenvalue weighted by Gasteiger charge is -2.36. The fourth-order valence-electron chi connectivity index (χ4n) is 3.18. The van der Waals surface area contributed by atoms with Gasteiger partial charge in [0.05, 0.1) is 25.3 Å². The summed E-state index contributed by atoms with van der Waals surface area (Å²) in [5.41, 5.74) is 8.29. The highest BCUT2D eigenvalue weighted by molar-refractivity contribution is 7.99. The van der Waals surface area contributed by atoms with Crippen LogP contribution in [0.3, 0.4) is 0 Å². The molecule has 0 aliphatic carbocycles. The summed E-state index contributed by atoms with van der Waals surface area (Å²) < 4.78 is 24.2. The number of halogens is 1. The molecule has 2 heterocycles. The van der Waals surface area contributed by atoms with Gasteiger partial charge in [-0.15, -0.1) is 13.2 Å².